The summed E-state index contributed by atoms with van der Waals surface area (Å²) >= 11 is 1.85. The Kier molecular flexibility index (Phi) is 6.77. The van der Waals surface area contributed by atoms with Crippen molar-refractivity contribution in [1.82, 2.24) is 14.7 Å². The van der Waals surface area contributed by atoms with Gasteiger partial charge in [0.25, 0.3) is 0 Å². The number of carbonyl (C=O) groups excluding carboxylic acids is 2. The number of fused-ring (bicyclic) bond motifs is 1. The molecule has 0 unspecified atom stereocenters. The van der Waals surface area contributed by atoms with Gasteiger partial charge in [-0.05, 0) is 48.4 Å². The zero-order valence-electron chi connectivity index (χ0n) is 18.8. The minimum atomic E-state index is 0.0909. The second kappa shape index (κ2) is 9.53. The van der Waals surface area contributed by atoms with Gasteiger partial charge in [0, 0.05) is 56.5 Å². The Morgan fingerprint density at radius 2 is 1.87 bits per heavy atom. The SMILES string of the molecule is CCC(=O)N1CCN(C(=O)CCN2CCc3sccc3[C@@H]2c2ccccc2C)C[C@@H]1C. The zero-order valence-corrected chi connectivity index (χ0v) is 19.7. The van der Waals surface area contributed by atoms with Crippen molar-refractivity contribution < 1.29 is 9.59 Å². The van der Waals surface area contributed by atoms with E-state index in [4.69, 9.17) is 0 Å². The maximum absolute atomic E-state index is 13.0. The molecule has 5 nitrogen and oxygen atoms in total. The summed E-state index contributed by atoms with van der Waals surface area (Å²) in [5, 5.41) is 2.20. The third-order valence-electron chi connectivity index (χ3n) is 6.76. The standard InChI is InChI=1S/C25H33N3O2S/c1-4-23(29)28-15-14-27(17-19(28)3)24(30)10-13-26-12-9-22-21(11-16-31-22)25(26)20-8-6-5-7-18(20)2/h5-8,11,16,19,25H,4,9-10,12-15,17H2,1-3H3/t19-,25-/m0/s1. The highest BCUT2D eigenvalue weighted by molar-refractivity contribution is 7.10. The fourth-order valence-corrected chi connectivity index (χ4v) is 5.93. The molecular weight excluding hydrogens is 406 g/mol. The molecule has 0 radical (unpaired) electrons. The van der Waals surface area contributed by atoms with E-state index in [1.165, 1.54) is 21.6 Å². The van der Waals surface area contributed by atoms with Crippen LogP contribution in [0.1, 0.15) is 54.3 Å². The summed E-state index contributed by atoms with van der Waals surface area (Å²) in [6.07, 6.45) is 2.10. The molecule has 0 spiro atoms. The normalized spacial score (nSPS) is 21.8. The number of rotatable bonds is 5. The Labute approximate surface area is 189 Å². The lowest BCUT2D eigenvalue weighted by atomic mass is 9.90. The maximum atomic E-state index is 13.0. The lowest BCUT2D eigenvalue weighted by Gasteiger charge is -2.41. The molecule has 166 valence electrons. The Balaban J connectivity index is 1.43. The molecule has 1 aromatic heterocycles. The van der Waals surface area contributed by atoms with E-state index in [9.17, 15) is 9.59 Å². The summed E-state index contributed by atoms with van der Waals surface area (Å²) in [6, 6.07) is 11.2. The van der Waals surface area contributed by atoms with Crippen molar-refractivity contribution in [2.24, 2.45) is 0 Å². The van der Waals surface area contributed by atoms with E-state index in [0.29, 0.717) is 32.5 Å². The van der Waals surface area contributed by atoms with Crippen LogP contribution in [0.3, 0.4) is 0 Å². The van der Waals surface area contributed by atoms with Crippen LogP contribution in [0.15, 0.2) is 35.7 Å². The number of benzene rings is 1. The lowest BCUT2D eigenvalue weighted by molar-refractivity contribution is -0.142. The van der Waals surface area contributed by atoms with E-state index in [0.717, 1.165) is 19.5 Å². The third kappa shape index (κ3) is 4.55. The largest absolute Gasteiger partial charge is 0.339 e. The third-order valence-corrected chi connectivity index (χ3v) is 7.76. The fraction of sp³-hybridized carbons (Fsp3) is 0.520. The van der Waals surface area contributed by atoms with Gasteiger partial charge < -0.3 is 9.80 Å². The van der Waals surface area contributed by atoms with E-state index < -0.39 is 0 Å². The van der Waals surface area contributed by atoms with Crippen LogP contribution in [-0.4, -0.2) is 65.3 Å². The topological polar surface area (TPSA) is 43.9 Å². The molecule has 31 heavy (non-hydrogen) atoms. The molecule has 1 saturated heterocycles. The molecule has 0 aliphatic carbocycles. The van der Waals surface area contributed by atoms with Crippen LogP contribution in [0.5, 0.6) is 0 Å². The van der Waals surface area contributed by atoms with Gasteiger partial charge in [-0.25, -0.2) is 0 Å². The van der Waals surface area contributed by atoms with Crippen LogP contribution in [0, 0.1) is 6.92 Å². The Hall–Kier alpha value is -2.18. The number of carbonyl (C=O) groups is 2. The lowest BCUT2D eigenvalue weighted by Crippen LogP contribution is -2.55. The van der Waals surface area contributed by atoms with Gasteiger partial charge in [0.1, 0.15) is 0 Å². The van der Waals surface area contributed by atoms with Gasteiger partial charge in [0.05, 0.1) is 6.04 Å². The number of aryl methyl sites for hydroxylation is 1. The molecule has 4 rings (SSSR count). The van der Waals surface area contributed by atoms with Crippen molar-refractivity contribution in [3.05, 3.63) is 57.3 Å². The van der Waals surface area contributed by atoms with Gasteiger partial charge in [-0.2, -0.15) is 0 Å². The second-order valence-corrected chi connectivity index (χ2v) is 9.72. The van der Waals surface area contributed by atoms with Crippen molar-refractivity contribution in [2.75, 3.05) is 32.7 Å². The van der Waals surface area contributed by atoms with Gasteiger partial charge in [-0.15, -0.1) is 11.3 Å². The molecule has 2 aliphatic heterocycles. The zero-order chi connectivity index (χ0) is 22.0. The molecule has 0 saturated carbocycles. The first-order valence-corrected chi connectivity index (χ1v) is 12.3. The van der Waals surface area contributed by atoms with Crippen molar-refractivity contribution >= 4 is 23.2 Å². The molecule has 2 amide bonds. The summed E-state index contributed by atoms with van der Waals surface area (Å²) < 4.78 is 0. The Morgan fingerprint density at radius 1 is 1.06 bits per heavy atom. The number of amides is 2. The van der Waals surface area contributed by atoms with Gasteiger partial charge >= 0.3 is 0 Å². The molecule has 6 heteroatoms. The van der Waals surface area contributed by atoms with E-state index >= 15 is 0 Å². The summed E-state index contributed by atoms with van der Waals surface area (Å²) in [7, 11) is 0. The van der Waals surface area contributed by atoms with E-state index in [-0.39, 0.29) is 23.9 Å². The van der Waals surface area contributed by atoms with E-state index in [2.05, 4.69) is 47.5 Å². The first-order chi connectivity index (χ1) is 15.0. The van der Waals surface area contributed by atoms with Crippen molar-refractivity contribution in [3.8, 4) is 0 Å². The Morgan fingerprint density at radius 3 is 2.61 bits per heavy atom. The molecule has 3 heterocycles. The highest BCUT2D eigenvalue weighted by Gasteiger charge is 2.32. The predicted molar refractivity (Wildman–Crippen MR) is 125 cm³/mol. The summed E-state index contributed by atoms with van der Waals surface area (Å²) in [4.78, 5) is 32.9. The van der Waals surface area contributed by atoms with Crippen molar-refractivity contribution in [2.45, 2.75) is 52.1 Å². The fourth-order valence-electron chi connectivity index (χ4n) is 5.02. The van der Waals surface area contributed by atoms with Crippen LogP contribution in [0.4, 0.5) is 0 Å². The highest BCUT2D eigenvalue weighted by atomic mass is 32.1. The van der Waals surface area contributed by atoms with Crippen LogP contribution in [-0.2, 0) is 16.0 Å². The van der Waals surface area contributed by atoms with Gasteiger partial charge in [0.15, 0.2) is 0 Å². The van der Waals surface area contributed by atoms with Gasteiger partial charge in [-0.3, -0.25) is 14.5 Å². The summed E-state index contributed by atoms with van der Waals surface area (Å²) in [6.45, 7) is 9.79. The van der Waals surface area contributed by atoms with Crippen LogP contribution in [0.25, 0.3) is 0 Å². The van der Waals surface area contributed by atoms with E-state index in [1.54, 1.807) is 0 Å². The molecule has 2 atom stereocenters. The highest BCUT2D eigenvalue weighted by Crippen LogP contribution is 2.38. The minimum Gasteiger partial charge on any atom is -0.339 e. The summed E-state index contributed by atoms with van der Waals surface area (Å²) in [5.41, 5.74) is 4.04. The van der Waals surface area contributed by atoms with Crippen LogP contribution >= 0.6 is 11.3 Å². The Bertz CT molecular complexity index is 940. The molecule has 2 aliphatic rings. The predicted octanol–water partition coefficient (Wildman–Crippen LogP) is 3.86. The van der Waals surface area contributed by atoms with Gasteiger partial charge in [0.2, 0.25) is 11.8 Å². The minimum absolute atomic E-state index is 0.0909. The average Bonchev–Trinajstić information content (AvgIpc) is 3.26. The van der Waals surface area contributed by atoms with Gasteiger partial charge in [-0.1, -0.05) is 31.2 Å². The number of hydrogen-bond donors (Lipinski definition) is 0. The number of piperazine rings is 1. The quantitative estimate of drug-likeness (QED) is 0.711. The second-order valence-electron chi connectivity index (χ2n) is 8.72. The molecule has 1 aromatic carbocycles. The van der Waals surface area contributed by atoms with Crippen molar-refractivity contribution in [3.63, 3.8) is 0 Å². The van der Waals surface area contributed by atoms with E-state index in [1.807, 2.05) is 35.0 Å². The van der Waals surface area contributed by atoms with Crippen LogP contribution in [0.2, 0.25) is 0 Å². The number of hydrogen-bond acceptors (Lipinski definition) is 4. The summed E-state index contributed by atoms with van der Waals surface area (Å²) in [5.74, 6) is 0.385. The number of nitrogens with zero attached hydrogens (tertiary/aromatic N) is 3. The molecule has 1 fully saturated rings. The monoisotopic (exact) mass is 439 g/mol. The first-order valence-electron chi connectivity index (χ1n) is 11.4. The first kappa shape index (κ1) is 22.0. The number of thiophene rings is 1. The smallest absolute Gasteiger partial charge is 0.223 e. The van der Waals surface area contributed by atoms with Crippen LogP contribution < -0.4 is 0 Å². The molecule has 0 bridgehead atoms. The molecule has 0 N–H and O–H groups in total. The molecule has 2 aromatic rings. The van der Waals surface area contributed by atoms with Crippen molar-refractivity contribution in [1.29, 1.82) is 0 Å². The maximum Gasteiger partial charge on any atom is 0.223 e. The molecular formula is C25H33N3O2S. The average molecular weight is 440 g/mol.